The van der Waals surface area contributed by atoms with Crippen LogP contribution < -0.4 is 4.74 Å². The highest BCUT2D eigenvalue weighted by molar-refractivity contribution is 5.16. The molecule has 15 heavy (non-hydrogen) atoms. The van der Waals surface area contributed by atoms with Gasteiger partial charge in [0.2, 0.25) is 5.88 Å². The highest BCUT2D eigenvalue weighted by Crippen LogP contribution is 2.38. The number of nitrogens with zero attached hydrogens (tertiary/aromatic N) is 3. The normalized spacial score (nSPS) is 33.3. The summed E-state index contributed by atoms with van der Waals surface area (Å²) in [6, 6.07) is 0. The van der Waals surface area contributed by atoms with Crippen molar-refractivity contribution in [2.45, 2.75) is 12.3 Å². The molecule has 2 bridgehead atoms. The number of hydrogen-bond donors (Lipinski definition) is 0. The summed E-state index contributed by atoms with van der Waals surface area (Å²) in [6.07, 6.45) is 4.86. The maximum absolute atomic E-state index is 5.11. The molecule has 4 heteroatoms. The molecular formula is C11H15N3O. The predicted molar refractivity (Wildman–Crippen MR) is 55.9 cm³/mol. The van der Waals surface area contributed by atoms with E-state index in [0.29, 0.717) is 11.8 Å². The number of ether oxygens (including phenoxy) is 1. The third-order valence-corrected chi connectivity index (χ3v) is 3.55. The summed E-state index contributed by atoms with van der Waals surface area (Å²) >= 11 is 0. The van der Waals surface area contributed by atoms with Gasteiger partial charge in [0.25, 0.3) is 0 Å². The highest BCUT2D eigenvalue weighted by Gasteiger charge is 2.39. The Morgan fingerprint density at radius 3 is 3.00 bits per heavy atom. The van der Waals surface area contributed by atoms with E-state index in [1.165, 1.54) is 19.5 Å². The Hall–Kier alpha value is -1.16. The van der Waals surface area contributed by atoms with E-state index < -0.39 is 0 Å². The Labute approximate surface area is 89.3 Å². The van der Waals surface area contributed by atoms with Gasteiger partial charge in [-0.05, 0) is 18.9 Å². The lowest BCUT2D eigenvalue weighted by atomic mass is 9.90. The lowest BCUT2D eigenvalue weighted by Gasteiger charge is -2.21. The highest BCUT2D eigenvalue weighted by atomic mass is 16.5. The standard InChI is InChI=1S/C11H15N3O/c1-15-11-5-12-4-10(13-11)9-7-14-3-2-8(9)6-14/h4-5,8-9H,2-3,6-7H2,1H3/t8-,9-/m1/s1. The van der Waals surface area contributed by atoms with Crippen LogP contribution in [0, 0.1) is 5.92 Å². The average Bonchev–Trinajstić information content (AvgIpc) is 2.91. The molecule has 3 atom stereocenters. The summed E-state index contributed by atoms with van der Waals surface area (Å²) in [6.45, 7) is 3.65. The first kappa shape index (κ1) is 9.09. The lowest BCUT2D eigenvalue weighted by Crippen LogP contribution is -2.22. The summed E-state index contributed by atoms with van der Waals surface area (Å²) in [4.78, 5) is 11.2. The average molecular weight is 205 g/mol. The van der Waals surface area contributed by atoms with Crippen LogP contribution in [0.15, 0.2) is 12.4 Å². The van der Waals surface area contributed by atoms with Gasteiger partial charge in [0.15, 0.2) is 0 Å². The quantitative estimate of drug-likeness (QED) is 0.719. The summed E-state index contributed by atoms with van der Waals surface area (Å²) in [5, 5.41) is 0. The van der Waals surface area contributed by atoms with Crippen LogP contribution in [0.25, 0.3) is 0 Å². The van der Waals surface area contributed by atoms with Crippen molar-refractivity contribution in [3.63, 3.8) is 0 Å². The maximum atomic E-state index is 5.11. The molecule has 2 saturated heterocycles. The minimum absolute atomic E-state index is 0.571. The number of rotatable bonds is 2. The number of piperidine rings is 1. The Kier molecular flexibility index (Phi) is 2.09. The molecule has 0 spiro atoms. The Bertz CT molecular complexity index is 369. The van der Waals surface area contributed by atoms with Crippen LogP contribution in [0.5, 0.6) is 5.88 Å². The number of methoxy groups -OCH3 is 1. The molecule has 0 aliphatic carbocycles. The van der Waals surface area contributed by atoms with Crippen molar-refractivity contribution in [1.82, 2.24) is 14.9 Å². The van der Waals surface area contributed by atoms with Crippen molar-refractivity contribution < 1.29 is 4.74 Å². The Morgan fingerprint density at radius 2 is 2.33 bits per heavy atom. The van der Waals surface area contributed by atoms with Gasteiger partial charge in [-0.1, -0.05) is 0 Å². The van der Waals surface area contributed by atoms with E-state index >= 15 is 0 Å². The molecule has 3 heterocycles. The van der Waals surface area contributed by atoms with Gasteiger partial charge in [-0.3, -0.25) is 4.98 Å². The molecule has 2 fully saturated rings. The van der Waals surface area contributed by atoms with Crippen LogP contribution in [-0.4, -0.2) is 41.6 Å². The van der Waals surface area contributed by atoms with Gasteiger partial charge in [0.1, 0.15) is 0 Å². The van der Waals surface area contributed by atoms with Crippen molar-refractivity contribution in [3.05, 3.63) is 18.1 Å². The third-order valence-electron chi connectivity index (χ3n) is 3.55. The Balaban J connectivity index is 1.86. The fourth-order valence-electron chi connectivity index (χ4n) is 2.76. The number of hydrogen-bond acceptors (Lipinski definition) is 4. The number of fused-ring (bicyclic) bond motifs is 2. The van der Waals surface area contributed by atoms with Gasteiger partial charge in [-0.2, -0.15) is 0 Å². The van der Waals surface area contributed by atoms with Gasteiger partial charge in [0.05, 0.1) is 19.0 Å². The zero-order chi connectivity index (χ0) is 10.3. The molecule has 0 radical (unpaired) electrons. The fourth-order valence-corrected chi connectivity index (χ4v) is 2.76. The molecule has 2 aliphatic heterocycles. The summed E-state index contributed by atoms with van der Waals surface area (Å²) in [7, 11) is 1.64. The smallest absolute Gasteiger partial charge is 0.232 e. The molecule has 0 aromatic carbocycles. The van der Waals surface area contributed by atoms with E-state index in [-0.39, 0.29) is 0 Å². The molecule has 2 aliphatic rings. The van der Waals surface area contributed by atoms with Crippen LogP contribution >= 0.6 is 0 Å². The fraction of sp³-hybridized carbons (Fsp3) is 0.636. The molecule has 1 unspecified atom stereocenters. The first-order valence-corrected chi connectivity index (χ1v) is 5.45. The molecule has 80 valence electrons. The van der Waals surface area contributed by atoms with Crippen molar-refractivity contribution >= 4 is 0 Å². The molecular weight excluding hydrogens is 190 g/mol. The van der Waals surface area contributed by atoms with Crippen molar-refractivity contribution in [2.75, 3.05) is 26.7 Å². The van der Waals surface area contributed by atoms with Crippen LogP contribution in [-0.2, 0) is 0 Å². The predicted octanol–water partition coefficient (Wildman–Crippen LogP) is 0.904. The van der Waals surface area contributed by atoms with Crippen molar-refractivity contribution in [3.8, 4) is 5.88 Å². The van der Waals surface area contributed by atoms with Crippen LogP contribution in [0.4, 0.5) is 0 Å². The zero-order valence-electron chi connectivity index (χ0n) is 8.89. The maximum Gasteiger partial charge on any atom is 0.232 e. The zero-order valence-corrected chi connectivity index (χ0v) is 8.89. The van der Waals surface area contributed by atoms with Gasteiger partial charge in [-0.15, -0.1) is 0 Å². The van der Waals surface area contributed by atoms with E-state index in [1.54, 1.807) is 13.3 Å². The van der Waals surface area contributed by atoms with E-state index in [1.807, 2.05) is 6.20 Å². The molecule has 0 N–H and O–H groups in total. The molecule has 4 nitrogen and oxygen atoms in total. The SMILES string of the molecule is COc1cncc([C@@H]2CN3CC[C@@H]2C3)n1. The Morgan fingerprint density at radius 1 is 1.40 bits per heavy atom. The second-order valence-electron chi connectivity index (χ2n) is 4.40. The first-order chi connectivity index (χ1) is 7.36. The van der Waals surface area contributed by atoms with E-state index in [2.05, 4.69) is 14.9 Å². The number of aromatic nitrogens is 2. The van der Waals surface area contributed by atoms with E-state index in [4.69, 9.17) is 4.74 Å². The summed E-state index contributed by atoms with van der Waals surface area (Å²) in [5.41, 5.74) is 1.10. The summed E-state index contributed by atoms with van der Waals surface area (Å²) < 4.78 is 5.11. The topological polar surface area (TPSA) is 38.2 Å². The molecule has 3 rings (SSSR count). The third kappa shape index (κ3) is 1.49. The molecule has 0 amide bonds. The molecule has 1 aromatic heterocycles. The largest absolute Gasteiger partial charge is 0.480 e. The van der Waals surface area contributed by atoms with Crippen LogP contribution in [0.1, 0.15) is 18.0 Å². The minimum atomic E-state index is 0.571. The molecule has 0 saturated carbocycles. The first-order valence-electron chi connectivity index (χ1n) is 5.45. The minimum Gasteiger partial charge on any atom is -0.480 e. The van der Waals surface area contributed by atoms with Gasteiger partial charge >= 0.3 is 0 Å². The van der Waals surface area contributed by atoms with Crippen LogP contribution in [0.3, 0.4) is 0 Å². The van der Waals surface area contributed by atoms with Crippen molar-refractivity contribution in [2.24, 2.45) is 5.92 Å². The van der Waals surface area contributed by atoms with E-state index in [9.17, 15) is 0 Å². The van der Waals surface area contributed by atoms with E-state index in [0.717, 1.165) is 18.2 Å². The lowest BCUT2D eigenvalue weighted by molar-refractivity contribution is 0.339. The van der Waals surface area contributed by atoms with Gasteiger partial charge < -0.3 is 9.64 Å². The monoisotopic (exact) mass is 205 g/mol. The van der Waals surface area contributed by atoms with Crippen LogP contribution in [0.2, 0.25) is 0 Å². The van der Waals surface area contributed by atoms with Crippen molar-refractivity contribution in [1.29, 1.82) is 0 Å². The van der Waals surface area contributed by atoms with Gasteiger partial charge in [-0.25, -0.2) is 4.98 Å². The second-order valence-corrected chi connectivity index (χ2v) is 4.40. The van der Waals surface area contributed by atoms with Gasteiger partial charge in [0, 0.05) is 25.2 Å². The molecule has 1 aromatic rings. The second kappa shape index (κ2) is 3.45. The summed E-state index contributed by atoms with van der Waals surface area (Å²) in [5.74, 6) is 1.98.